The fraction of sp³-hybridized carbons (Fsp3) is 0.333. The summed E-state index contributed by atoms with van der Waals surface area (Å²) in [5, 5.41) is 2.80. The minimum Gasteiger partial charge on any atom is -0.324 e. The average molecular weight is 363 g/mol. The van der Waals surface area contributed by atoms with E-state index in [0.29, 0.717) is 5.82 Å². The molecule has 2 amide bonds. The largest absolute Gasteiger partial charge is 0.324 e. The molecule has 0 atom stereocenters. The monoisotopic (exact) mass is 362 g/mol. The van der Waals surface area contributed by atoms with Gasteiger partial charge in [-0.15, -0.1) is 0 Å². The maximum atomic E-state index is 13.3. The minimum atomic E-state index is -0.292. The Kier molecular flexibility index (Phi) is 5.50. The smallest absolute Gasteiger partial charge is 0.323 e. The third kappa shape index (κ3) is 4.46. The zero-order valence-corrected chi connectivity index (χ0v) is 14.7. The number of nitrogens with one attached hydrogen (secondary N) is 1. The van der Waals surface area contributed by atoms with Crippen LogP contribution in [0, 0.1) is 5.82 Å². The van der Waals surface area contributed by atoms with Crippen LogP contribution in [0.5, 0.6) is 0 Å². The summed E-state index contributed by atoms with van der Waals surface area (Å²) in [5.41, 5.74) is 1.54. The Hall–Kier alpha value is -2.18. The number of amides is 2. The number of rotatable bonds is 3. The van der Waals surface area contributed by atoms with Crippen LogP contribution in [-0.4, -0.2) is 46.5 Å². The van der Waals surface area contributed by atoms with E-state index in [1.54, 1.807) is 34.7 Å². The summed E-state index contributed by atoms with van der Waals surface area (Å²) in [7, 11) is 1.78. The van der Waals surface area contributed by atoms with Gasteiger partial charge >= 0.3 is 6.03 Å². The molecule has 0 saturated carbocycles. The first kappa shape index (κ1) is 17.6. The summed E-state index contributed by atoms with van der Waals surface area (Å²) >= 11 is 5.95. The van der Waals surface area contributed by atoms with Crippen LogP contribution in [0.1, 0.15) is 12.8 Å². The van der Waals surface area contributed by atoms with Crippen LogP contribution >= 0.6 is 11.8 Å². The number of benzene rings is 1. The molecule has 3 rings (SSSR count). The van der Waals surface area contributed by atoms with E-state index in [-0.39, 0.29) is 17.9 Å². The van der Waals surface area contributed by atoms with Gasteiger partial charge in [0, 0.05) is 37.9 Å². The molecule has 1 fully saturated rings. The second-order valence-electron chi connectivity index (χ2n) is 6.12. The minimum absolute atomic E-state index is 0.168. The van der Waals surface area contributed by atoms with E-state index in [0.717, 1.165) is 37.1 Å². The molecule has 25 heavy (non-hydrogen) atoms. The Labute approximate surface area is 151 Å². The molecule has 1 aliphatic heterocycles. The van der Waals surface area contributed by atoms with E-state index in [2.05, 4.69) is 10.3 Å². The summed E-state index contributed by atoms with van der Waals surface area (Å²) in [6.07, 6.45) is 3.31. The van der Waals surface area contributed by atoms with Gasteiger partial charge in [-0.1, -0.05) is 12.1 Å². The van der Waals surface area contributed by atoms with Crippen LogP contribution in [0.2, 0.25) is 0 Å². The topological polar surface area (TPSA) is 48.5 Å². The fourth-order valence-corrected chi connectivity index (χ4v) is 3.09. The highest BCUT2D eigenvalue weighted by Gasteiger charge is 2.24. The van der Waals surface area contributed by atoms with E-state index >= 15 is 0 Å². The SMILES string of the molecule is CN(C(=O)Nc1ccc(-c2cccc(F)c2)cn1)C1CCN(Cl)CC1. The first-order valence-corrected chi connectivity index (χ1v) is 8.53. The molecule has 0 aliphatic carbocycles. The summed E-state index contributed by atoms with van der Waals surface area (Å²) in [5.74, 6) is 0.172. The molecule has 1 aromatic heterocycles. The van der Waals surface area contributed by atoms with E-state index in [1.807, 2.05) is 12.1 Å². The molecule has 0 spiro atoms. The maximum absolute atomic E-state index is 13.3. The predicted molar refractivity (Wildman–Crippen MR) is 96.9 cm³/mol. The highest BCUT2D eigenvalue weighted by Crippen LogP contribution is 2.21. The lowest BCUT2D eigenvalue weighted by molar-refractivity contribution is 0.175. The van der Waals surface area contributed by atoms with Crippen molar-refractivity contribution in [2.24, 2.45) is 0 Å². The molecule has 1 saturated heterocycles. The Balaban J connectivity index is 1.62. The lowest BCUT2D eigenvalue weighted by Gasteiger charge is -2.33. The van der Waals surface area contributed by atoms with Crippen molar-refractivity contribution >= 4 is 23.6 Å². The second-order valence-corrected chi connectivity index (χ2v) is 6.60. The van der Waals surface area contributed by atoms with Crippen molar-refractivity contribution < 1.29 is 9.18 Å². The van der Waals surface area contributed by atoms with Gasteiger partial charge in [0.2, 0.25) is 0 Å². The fourth-order valence-electron chi connectivity index (χ4n) is 2.89. The zero-order chi connectivity index (χ0) is 17.8. The first-order chi connectivity index (χ1) is 12.0. The van der Waals surface area contributed by atoms with E-state index in [1.165, 1.54) is 12.1 Å². The van der Waals surface area contributed by atoms with Gasteiger partial charge in [-0.2, -0.15) is 0 Å². The highest BCUT2D eigenvalue weighted by atomic mass is 35.5. The Morgan fingerprint density at radius 3 is 2.68 bits per heavy atom. The number of hydrogen-bond donors (Lipinski definition) is 1. The maximum Gasteiger partial charge on any atom is 0.323 e. The second kappa shape index (κ2) is 7.80. The number of piperidine rings is 1. The Morgan fingerprint density at radius 1 is 1.28 bits per heavy atom. The number of halogens is 2. The molecule has 7 heteroatoms. The van der Waals surface area contributed by atoms with E-state index < -0.39 is 0 Å². The van der Waals surface area contributed by atoms with Gasteiger partial charge < -0.3 is 4.90 Å². The lowest BCUT2D eigenvalue weighted by atomic mass is 10.1. The standard InChI is InChI=1S/C18H20ClFN4O/c1-23(16-7-9-24(19)10-8-16)18(25)22-17-6-5-14(12-21-17)13-3-2-4-15(20)11-13/h2-6,11-12,16H,7-10H2,1H3,(H,21,22,25). The number of pyridine rings is 1. The molecule has 2 heterocycles. The normalized spacial score (nSPS) is 15.8. The number of urea groups is 1. The van der Waals surface area contributed by atoms with Crippen LogP contribution in [0.4, 0.5) is 15.0 Å². The van der Waals surface area contributed by atoms with Gasteiger partial charge in [0.1, 0.15) is 11.6 Å². The third-order valence-electron chi connectivity index (χ3n) is 4.43. The molecule has 0 unspecified atom stereocenters. The third-order valence-corrected chi connectivity index (χ3v) is 4.77. The molecule has 1 N–H and O–H groups in total. The first-order valence-electron chi connectivity index (χ1n) is 8.19. The van der Waals surface area contributed by atoms with Gasteiger partial charge in [0.15, 0.2) is 0 Å². The molecular formula is C18H20ClFN4O. The van der Waals surface area contributed by atoms with Crippen molar-refractivity contribution in [2.75, 3.05) is 25.5 Å². The van der Waals surface area contributed by atoms with Crippen LogP contribution < -0.4 is 5.32 Å². The summed E-state index contributed by atoms with van der Waals surface area (Å²) < 4.78 is 15.0. The Bertz CT molecular complexity index is 732. The number of carbonyl (C=O) groups is 1. The highest BCUT2D eigenvalue weighted by molar-refractivity contribution is 6.13. The van der Waals surface area contributed by atoms with Crippen molar-refractivity contribution in [3.63, 3.8) is 0 Å². The quantitative estimate of drug-likeness (QED) is 0.840. The summed E-state index contributed by atoms with van der Waals surface area (Å²) in [6, 6.07) is 9.82. The van der Waals surface area contributed by atoms with Crippen LogP contribution in [0.3, 0.4) is 0 Å². The molecule has 0 bridgehead atoms. The molecule has 1 aliphatic rings. The van der Waals surface area contributed by atoms with Crippen molar-refractivity contribution in [3.05, 3.63) is 48.4 Å². The van der Waals surface area contributed by atoms with Gasteiger partial charge in [0.25, 0.3) is 0 Å². The molecule has 1 aromatic carbocycles. The van der Waals surface area contributed by atoms with Crippen molar-refractivity contribution in [1.82, 2.24) is 14.3 Å². The molecule has 0 radical (unpaired) electrons. The molecule has 132 valence electrons. The number of carbonyl (C=O) groups excluding carboxylic acids is 1. The van der Waals surface area contributed by atoms with Crippen molar-refractivity contribution in [1.29, 1.82) is 0 Å². The zero-order valence-electron chi connectivity index (χ0n) is 14.0. The van der Waals surface area contributed by atoms with Crippen molar-refractivity contribution in [3.8, 4) is 11.1 Å². The summed E-state index contributed by atoms with van der Waals surface area (Å²) in [6.45, 7) is 1.54. The predicted octanol–water partition coefficient (Wildman–Crippen LogP) is 3.97. The molecule has 2 aromatic rings. The van der Waals surface area contributed by atoms with Gasteiger partial charge in [0.05, 0.1) is 0 Å². The number of anilines is 1. The number of hydrogen-bond acceptors (Lipinski definition) is 3. The van der Waals surface area contributed by atoms with Crippen molar-refractivity contribution in [2.45, 2.75) is 18.9 Å². The van der Waals surface area contributed by atoms with E-state index in [4.69, 9.17) is 11.8 Å². The van der Waals surface area contributed by atoms with Gasteiger partial charge in [-0.3, -0.25) is 5.32 Å². The van der Waals surface area contributed by atoms with Crippen LogP contribution in [0.15, 0.2) is 42.6 Å². The lowest BCUT2D eigenvalue weighted by Crippen LogP contribution is -2.45. The molecule has 5 nitrogen and oxygen atoms in total. The summed E-state index contributed by atoms with van der Waals surface area (Å²) in [4.78, 5) is 18.3. The molecular weight excluding hydrogens is 343 g/mol. The number of nitrogens with zero attached hydrogens (tertiary/aromatic N) is 3. The van der Waals surface area contributed by atoms with Gasteiger partial charge in [-0.25, -0.2) is 18.6 Å². The average Bonchev–Trinajstić information content (AvgIpc) is 2.62. The van der Waals surface area contributed by atoms with Gasteiger partial charge in [-0.05, 0) is 54.4 Å². The number of aromatic nitrogens is 1. The Morgan fingerprint density at radius 2 is 2.04 bits per heavy atom. The van der Waals surface area contributed by atoms with Crippen LogP contribution in [0.25, 0.3) is 11.1 Å². The van der Waals surface area contributed by atoms with E-state index in [9.17, 15) is 9.18 Å². The van der Waals surface area contributed by atoms with Crippen LogP contribution in [-0.2, 0) is 0 Å².